The number of benzene rings is 1. The Kier molecular flexibility index (Phi) is 4.57. The third kappa shape index (κ3) is 3.06. The Balaban J connectivity index is 2.34. The molecule has 1 aliphatic carbocycles. The van der Waals surface area contributed by atoms with Crippen molar-refractivity contribution in [3.05, 3.63) is 29.8 Å². The van der Waals surface area contributed by atoms with Crippen LogP contribution in [0.25, 0.3) is 0 Å². The van der Waals surface area contributed by atoms with Gasteiger partial charge in [0.1, 0.15) is 5.75 Å². The first-order valence-corrected chi connectivity index (χ1v) is 8.43. The summed E-state index contributed by atoms with van der Waals surface area (Å²) in [7, 11) is -3.85. The van der Waals surface area contributed by atoms with E-state index >= 15 is 0 Å². The van der Waals surface area contributed by atoms with Gasteiger partial charge >= 0.3 is 0 Å². The van der Waals surface area contributed by atoms with Gasteiger partial charge < -0.3 is 14.9 Å². The molecule has 1 fully saturated rings. The molecule has 1 aromatic carbocycles. The van der Waals surface area contributed by atoms with E-state index in [4.69, 9.17) is 15.0 Å². The highest BCUT2D eigenvalue weighted by Crippen LogP contribution is 2.60. The van der Waals surface area contributed by atoms with Crippen molar-refractivity contribution >= 4 is 10.0 Å². The standard InChI is InChI=1S/C14H21NO5S/c1-2-20-13-6-4-3-5-11(13)12-8-14(12,21(15,18)19)7-10(17)9-16/h3-6,10,12,16-17H,2,7-9H2,1H3,(H2,15,18,19). The molecule has 0 amide bonds. The van der Waals surface area contributed by atoms with E-state index in [1.165, 1.54) is 0 Å². The number of hydrogen-bond acceptors (Lipinski definition) is 5. The summed E-state index contributed by atoms with van der Waals surface area (Å²) >= 11 is 0. The predicted molar refractivity (Wildman–Crippen MR) is 78.5 cm³/mol. The Morgan fingerprint density at radius 1 is 1.48 bits per heavy atom. The van der Waals surface area contributed by atoms with Crippen molar-refractivity contribution < 1.29 is 23.4 Å². The van der Waals surface area contributed by atoms with Gasteiger partial charge in [-0.1, -0.05) is 18.2 Å². The predicted octanol–water partition coefficient (Wildman–Crippen LogP) is 0.343. The van der Waals surface area contributed by atoms with Crippen molar-refractivity contribution in [1.29, 1.82) is 0 Å². The van der Waals surface area contributed by atoms with Crippen molar-refractivity contribution in [3.63, 3.8) is 0 Å². The van der Waals surface area contributed by atoms with Gasteiger partial charge in [0, 0.05) is 5.92 Å². The van der Waals surface area contributed by atoms with E-state index in [0.717, 1.165) is 5.56 Å². The zero-order chi connectivity index (χ0) is 15.7. The number of sulfonamides is 1. The van der Waals surface area contributed by atoms with Gasteiger partial charge in [-0.3, -0.25) is 0 Å². The van der Waals surface area contributed by atoms with Crippen LogP contribution < -0.4 is 9.88 Å². The fourth-order valence-corrected chi connectivity index (χ4v) is 4.20. The Hall–Kier alpha value is -1.15. The monoisotopic (exact) mass is 315 g/mol. The Labute approximate surface area is 124 Å². The zero-order valence-corrected chi connectivity index (χ0v) is 12.7. The van der Waals surface area contributed by atoms with Gasteiger partial charge in [-0.05, 0) is 31.4 Å². The average molecular weight is 315 g/mol. The number of hydrogen-bond donors (Lipinski definition) is 3. The number of para-hydroxylation sites is 1. The number of primary sulfonamides is 1. The molecule has 1 aliphatic rings. The molecule has 0 heterocycles. The third-order valence-corrected chi connectivity index (χ3v) is 5.73. The minimum atomic E-state index is -3.85. The Morgan fingerprint density at radius 3 is 2.71 bits per heavy atom. The summed E-state index contributed by atoms with van der Waals surface area (Å²) < 4.78 is 28.2. The summed E-state index contributed by atoms with van der Waals surface area (Å²) in [4.78, 5) is 0. The summed E-state index contributed by atoms with van der Waals surface area (Å²) in [6.45, 7) is 1.84. The smallest absolute Gasteiger partial charge is 0.215 e. The molecule has 0 aromatic heterocycles. The van der Waals surface area contributed by atoms with Crippen molar-refractivity contribution in [1.82, 2.24) is 0 Å². The highest BCUT2D eigenvalue weighted by Gasteiger charge is 2.64. The Morgan fingerprint density at radius 2 is 2.14 bits per heavy atom. The van der Waals surface area contributed by atoms with Crippen molar-refractivity contribution in [3.8, 4) is 5.75 Å². The van der Waals surface area contributed by atoms with E-state index in [2.05, 4.69) is 0 Å². The Bertz CT molecular complexity index is 603. The van der Waals surface area contributed by atoms with Crippen molar-refractivity contribution in [2.45, 2.75) is 36.5 Å². The van der Waals surface area contributed by atoms with Crippen LogP contribution in [0.1, 0.15) is 31.2 Å². The molecule has 6 nitrogen and oxygen atoms in total. The van der Waals surface area contributed by atoms with Crippen LogP contribution in [0.3, 0.4) is 0 Å². The van der Waals surface area contributed by atoms with Gasteiger partial charge in [0.15, 0.2) is 0 Å². The number of aliphatic hydroxyl groups is 2. The first kappa shape index (κ1) is 16.2. The van der Waals surface area contributed by atoms with E-state index in [1.807, 2.05) is 25.1 Å². The van der Waals surface area contributed by atoms with Crippen LogP contribution >= 0.6 is 0 Å². The molecule has 0 bridgehead atoms. The second kappa shape index (κ2) is 5.92. The van der Waals surface area contributed by atoms with Crippen LogP contribution in [0.4, 0.5) is 0 Å². The van der Waals surface area contributed by atoms with E-state index < -0.39 is 27.5 Å². The lowest BCUT2D eigenvalue weighted by molar-refractivity contribution is 0.0853. The quantitative estimate of drug-likeness (QED) is 0.672. The lowest BCUT2D eigenvalue weighted by Crippen LogP contribution is -2.36. The normalized spacial score (nSPS) is 26.4. The maximum atomic E-state index is 12.0. The maximum Gasteiger partial charge on any atom is 0.215 e. The second-order valence-corrected chi connectivity index (χ2v) is 7.28. The number of nitrogens with two attached hydrogens (primary N) is 1. The molecule has 7 heteroatoms. The SMILES string of the molecule is CCOc1ccccc1C1CC1(CC(O)CO)S(N)(=O)=O. The lowest BCUT2D eigenvalue weighted by atomic mass is 10.0. The molecule has 3 unspecified atom stereocenters. The summed E-state index contributed by atoms with van der Waals surface area (Å²) in [5.41, 5.74) is 0.776. The number of ether oxygens (including phenoxy) is 1. The van der Waals surface area contributed by atoms with Gasteiger partial charge in [-0.2, -0.15) is 0 Å². The highest BCUT2D eigenvalue weighted by molar-refractivity contribution is 7.91. The maximum absolute atomic E-state index is 12.0. The first-order chi connectivity index (χ1) is 9.85. The summed E-state index contributed by atoms with van der Waals surface area (Å²) in [5, 5.41) is 24.0. The minimum Gasteiger partial charge on any atom is -0.494 e. The van der Waals surface area contributed by atoms with E-state index in [9.17, 15) is 13.5 Å². The van der Waals surface area contributed by atoms with Crippen LogP contribution in [-0.4, -0.2) is 42.7 Å². The van der Waals surface area contributed by atoms with E-state index in [-0.39, 0.29) is 12.3 Å². The zero-order valence-electron chi connectivity index (χ0n) is 11.9. The molecular formula is C14H21NO5S. The molecule has 118 valence electrons. The van der Waals surface area contributed by atoms with Crippen LogP contribution in [0.5, 0.6) is 5.75 Å². The fraction of sp³-hybridized carbons (Fsp3) is 0.571. The van der Waals surface area contributed by atoms with Gasteiger partial charge in [-0.25, -0.2) is 13.6 Å². The summed E-state index contributed by atoms with van der Waals surface area (Å²) in [5.74, 6) is 0.311. The van der Waals surface area contributed by atoms with Crippen LogP contribution in [0.15, 0.2) is 24.3 Å². The molecule has 0 saturated heterocycles. The average Bonchev–Trinajstić information content (AvgIpc) is 3.15. The molecular weight excluding hydrogens is 294 g/mol. The largest absolute Gasteiger partial charge is 0.494 e. The van der Waals surface area contributed by atoms with Gasteiger partial charge in [-0.15, -0.1) is 0 Å². The topological polar surface area (TPSA) is 110 Å². The van der Waals surface area contributed by atoms with Crippen molar-refractivity contribution in [2.75, 3.05) is 13.2 Å². The molecule has 2 rings (SSSR count). The van der Waals surface area contributed by atoms with Crippen LogP contribution in [-0.2, 0) is 10.0 Å². The first-order valence-electron chi connectivity index (χ1n) is 6.88. The summed E-state index contributed by atoms with van der Waals surface area (Å²) in [6, 6.07) is 7.23. The number of aliphatic hydroxyl groups excluding tert-OH is 2. The lowest BCUT2D eigenvalue weighted by Gasteiger charge is -2.19. The minimum absolute atomic E-state index is 0.0759. The fourth-order valence-electron chi connectivity index (χ4n) is 2.85. The summed E-state index contributed by atoms with van der Waals surface area (Å²) in [6.07, 6.45) is -0.854. The molecule has 21 heavy (non-hydrogen) atoms. The van der Waals surface area contributed by atoms with Gasteiger partial charge in [0.05, 0.1) is 24.1 Å². The van der Waals surface area contributed by atoms with Crippen molar-refractivity contribution in [2.24, 2.45) is 5.14 Å². The van der Waals surface area contributed by atoms with Crippen LogP contribution in [0, 0.1) is 0 Å². The molecule has 0 spiro atoms. The molecule has 3 atom stereocenters. The molecule has 1 aromatic rings. The molecule has 0 aliphatic heterocycles. The van der Waals surface area contributed by atoms with E-state index in [0.29, 0.717) is 18.8 Å². The third-order valence-electron chi connectivity index (χ3n) is 3.98. The second-order valence-electron chi connectivity index (χ2n) is 5.38. The molecule has 4 N–H and O–H groups in total. The van der Waals surface area contributed by atoms with E-state index in [1.54, 1.807) is 6.07 Å². The van der Waals surface area contributed by atoms with Crippen LogP contribution in [0.2, 0.25) is 0 Å². The molecule has 1 saturated carbocycles. The molecule has 0 radical (unpaired) electrons. The number of rotatable bonds is 7. The van der Waals surface area contributed by atoms with Gasteiger partial charge in [0.2, 0.25) is 10.0 Å². The van der Waals surface area contributed by atoms with Gasteiger partial charge in [0.25, 0.3) is 0 Å². The highest BCUT2D eigenvalue weighted by atomic mass is 32.2.